The molecule has 0 saturated heterocycles. The van der Waals surface area contributed by atoms with Gasteiger partial charge in [0.15, 0.2) is 0 Å². The molecule has 1 aromatic rings. The Kier molecular flexibility index (Phi) is 6.39. The summed E-state index contributed by atoms with van der Waals surface area (Å²) >= 11 is 0. The summed E-state index contributed by atoms with van der Waals surface area (Å²) < 4.78 is 0. The van der Waals surface area contributed by atoms with E-state index < -0.39 is 0 Å². The Morgan fingerprint density at radius 2 is 2.13 bits per heavy atom. The smallest absolute Gasteiger partial charge is 0.251 e. The Hall–Kier alpha value is -2.10. The number of carbonyl (C=O) groups is 2. The van der Waals surface area contributed by atoms with E-state index in [2.05, 4.69) is 22.8 Å². The van der Waals surface area contributed by atoms with E-state index in [-0.39, 0.29) is 23.8 Å². The number of benzene rings is 1. The van der Waals surface area contributed by atoms with Crippen LogP contribution in [-0.4, -0.2) is 17.9 Å². The fourth-order valence-electron chi connectivity index (χ4n) is 2.60. The molecule has 0 aromatic heterocycles. The fraction of sp³-hybridized carbons (Fsp3) is 0.474. The Morgan fingerprint density at radius 3 is 2.83 bits per heavy atom. The highest BCUT2D eigenvalue weighted by Gasteiger charge is 2.18. The van der Waals surface area contributed by atoms with Gasteiger partial charge < -0.3 is 10.6 Å². The van der Waals surface area contributed by atoms with Crippen molar-refractivity contribution in [3.05, 3.63) is 47.5 Å². The predicted molar refractivity (Wildman–Crippen MR) is 92.0 cm³/mol. The Morgan fingerprint density at radius 1 is 1.30 bits per heavy atom. The molecule has 2 amide bonds. The molecule has 0 aliphatic heterocycles. The zero-order valence-electron chi connectivity index (χ0n) is 14.0. The molecule has 4 heteroatoms. The molecule has 2 N–H and O–H groups in total. The zero-order valence-corrected chi connectivity index (χ0v) is 14.0. The summed E-state index contributed by atoms with van der Waals surface area (Å²) in [4.78, 5) is 24.3. The standard InChI is InChI=1S/C19H26N2O2/c1-3-14(2)21-19(23)17-11-7-8-15(12-17)13-20-18(22)16-9-5-4-6-10-16/h4-5,7-8,11-12,14,16H,3,6,9-10,13H2,1-2H3,(H,20,22)(H,21,23)/t14-,16-/m0/s1. The summed E-state index contributed by atoms with van der Waals surface area (Å²) in [7, 11) is 0. The lowest BCUT2D eigenvalue weighted by atomic mass is 9.93. The van der Waals surface area contributed by atoms with Gasteiger partial charge in [0.25, 0.3) is 5.91 Å². The van der Waals surface area contributed by atoms with Gasteiger partial charge in [0.05, 0.1) is 0 Å². The molecule has 0 bridgehead atoms. The van der Waals surface area contributed by atoms with Crippen molar-refractivity contribution in [3.8, 4) is 0 Å². The summed E-state index contributed by atoms with van der Waals surface area (Å²) in [5.74, 6) is 0.116. The van der Waals surface area contributed by atoms with Gasteiger partial charge in [-0.15, -0.1) is 0 Å². The average Bonchev–Trinajstić information content (AvgIpc) is 2.60. The number of allylic oxidation sites excluding steroid dienone is 2. The minimum Gasteiger partial charge on any atom is -0.352 e. The number of rotatable bonds is 6. The van der Waals surface area contributed by atoms with Crippen LogP contribution in [0.5, 0.6) is 0 Å². The number of hydrogen-bond acceptors (Lipinski definition) is 2. The second-order valence-electron chi connectivity index (χ2n) is 6.18. The van der Waals surface area contributed by atoms with Crippen LogP contribution >= 0.6 is 0 Å². The maximum absolute atomic E-state index is 12.2. The van der Waals surface area contributed by atoms with Gasteiger partial charge in [0.1, 0.15) is 0 Å². The van der Waals surface area contributed by atoms with Gasteiger partial charge in [-0.2, -0.15) is 0 Å². The van der Waals surface area contributed by atoms with Crippen LogP contribution in [-0.2, 0) is 11.3 Å². The summed E-state index contributed by atoms with van der Waals surface area (Å²) in [6, 6.07) is 7.59. The number of carbonyl (C=O) groups excluding carboxylic acids is 2. The molecular weight excluding hydrogens is 288 g/mol. The molecule has 0 spiro atoms. The molecule has 124 valence electrons. The Bertz CT molecular complexity index is 580. The molecule has 0 unspecified atom stereocenters. The molecule has 0 fully saturated rings. The maximum Gasteiger partial charge on any atom is 0.251 e. The molecule has 0 radical (unpaired) electrons. The third-order valence-corrected chi connectivity index (χ3v) is 4.29. The second kappa shape index (κ2) is 8.51. The van der Waals surface area contributed by atoms with E-state index in [0.29, 0.717) is 12.1 Å². The SMILES string of the molecule is CC[C@H](C)NC(=O)c1cccc(CNC(=O)[C@H]2CC=CCC2)c1. The molecule has 1 aliphatic carbocycles. The van der Waals surface area contributed by atoms with Gasteiger partial charge >= 0.3 is 0 Å². The topological polar surface area (TPSA) is 58.2 Å². The van der Waals surface area contributed by atoms with E-state index in [1.54, 1.807) is 6.07 Å². The van der Waals surface area contributed by atoms with E-state index in [0.717, 1.165) is 31.2 Å². The third kappa shape index (κ3) is 5.23. The van der Waals surface area contributed by atoms with Crippen LogP contribution < -0.4 is 10.6 Å². The van der Waals surface area contributed by atoms with E-state index in [4.69, 9.17) is 0 Å². The predicted octanol–water partition coefficient (Wildman–Crippen LogP) is 3.19. The van der Waals surface area contributed by atoms with Crippen LogP contribution in [0.2, 0.25) is 0 Å². The highest BCUT2D eigenvalue weighted by molar-refractivity contribution is 5.94. The van der Waals surface area contributed by atoms with Crippen LogP contribution in [0, 0.1) is 5.92 Å². The number of amides is 2. The van der Waals surface area contributed by atoms with E-state index in [1.807, 2.05) is 32.0 Å². The van der Waals surface area contributed by atoms with Gasteiger partial charge in [-0.1, -0.05) is 31.2 Å². The van der Waals surface area contributed by atoms with E-state index in [1.165, 1.54) is 0 Å². The molecule has 2 rings (SSSR count). The summed E-state index contributed by atoms with van der Waals surface area (Å²) in [5, 5.41) is 5.94. The highest BCUT2D eigenvalue weighted by Crippen LogP contribution is 2.18. The molecule has 4 nitrogen and oxygen atoms in total. The first-order chi connectivity index (χ1) is 11.1. The second-order valence-corrected chi connectivity index (χ2v) is 6.18. The molecule has 0 saturated carbocycles. The van der Waals surface area contributed by atoms with Gasteiger partial charge in [-0.05, 0) is 50.3 Å². The van der Waals surface area contributed by atoms with Crippen molar-refractivity contribution in [1.82, 2.24) is 10.6 Å². The van der Waals surface area contributed by atoms with Crippen LogP contribution in [0.4, 0.5) is 0 Å². The zero-order chi connectivity index (χ0) is 16.7. The normalized spacial score (nSPS) is 18.3. The molecule has 1 aliphatic rings. The van der Waals surface area contributed by atoms with Crippen LogP contribution in [0.1, 0.15) is 55.5 Å². The van der Waals surface area contributed by atoms with Crippen molar-refractivity contribution in [2.45, 2.75) is 52.1 Å². The molecule has 0 heterocycles. The molecular formula is C19H26N2O2. The van der Waals surface area contributed by atoms with E-state index in [9.17, 15) is 9.59 Å². The molecule has 23 heavy (non-hydrogen) atoms. The van der Waals surface area contributed by atoms with Crippen molar-refractivity contribution in [2.75, 3.05) is 0 Å². The minimum absolute atomic E-state index is 0.0649. The van der Waals surface area contributed by atoms with Gasteiger partial charge in [-0.3, -0.25) is 9.59 Å². The fourth-order valence-corrected chi connectivity index (χ4v) is 2.60. The van der Waals surface area contributed by atoms with Crippen molar-refractivity contribution in [2.24, 2.45) is 5.92 Å². The first-order valence-electron chi connectivity index (χ1n) is 8.42. The van der Waals surface area contributed by atoms with Crippen molar-refractivity contribution < 1.29 is 9.59 Å². The first-order valence-corrected chi connectivity index (χ1v) is 8.42. The largest absolute Gasteiger partial charge is 0.352 e. The van der Waals surface area contributed by atoms with Crippen LogP contribution in [0.25, 0.3) is 0 Å². The minimum atomic E-state index is -0.0649. The van der Waals surface area contributed by atoms with Crippen LogP contribution in [0.15, 0.2) is 36.4 Å². The van der Waals surface area contributed by atoms with E-state index >= 15 is 0 Å². The van der Waals surface area contributed by atoms with Crippen LogP contribution in [0.3, 0.4) is 0 Å². The highest BCUT2D eigenvalue weighted by atomic mass is 16.2. The monoisotopic (exact) mass is 314 g/mol. The van der Waals surface area contributed by atoms with Gasteiger partial charge in [0, 0.05) is 24.1 Å². The van der Waals surface area contributed by atoms with Crippen molar-refractivity contribution in [1.29, 1.82) is 0 Å². The first kappa shape index (κ1) is 17.3. The maximum atomic E-state index is 12.2. The van der Waals surface area contributed by atoms with Gasteiger partial charge in [0.2, 0.25) is 5.91 Å². The number of nitrogens with one attached hydrogen (secondary N) is 2. The summed E-state index contributed by atoms with van der Waals surface area (Å²) in [6.45, 7) is 4.49. The lowest BCUT2D eigenvalue weighted by Crippen LogP contribution is -2.32. The summed E-state index contributed by atoms with van der Waals surface area (Å²) in [6.07, 6.45) is 7.82. The summed E-state index contributed by atoms with van der Waals surface area (Å²) in [5.41, 5.74) is 1.58. The lowest BCUT2D eigenvalue weighted by Gasteiger charge is -2.17. The quantitative estimate of drug-likeness (QED) is 0.792. The van der Waals surface area contributed by atoms with Crippen molar-refractivity contribution >= 4 is 11.8 Å². The average molecular weight is 314 g/mol. The molecule has 2 atom stereocenters. The molecule has 1 aromatic carbocycles. The van der Waals surface area contributed by atoms with Crippen molar-refractivity contribution in [3.63, 3.8) is 0 Å². The Labute approximate surface area is 138 Å². The Balaban J connectivity index is 1.90. The van der Waals surface area contributed by atoms with Gasteiger partial charge in [-0.25, -0.2) is 0 Å². The number of hydrogen-bond donors (Lipinski definition) is 2. The third-order valence-electron chi connectivity index (χ3n) is 4.29. The lowest BCUT2D eigenvalue weighted by molar-refractivity contribution is -0.125.